The Morgan fingerprint density at radius 3 is 2.74 bits per heavy atom. The van der Waals surface area contributed by atoms with Crippen molar-refractivity contribution in [2.45, 2.75) is 51.5 Å². The van der Waals surface area contributed by atoms with E-state index in [0.717, 1.165) is 32.4 Å². The van der Waals surface area contributed by atoms with Crippen LogP contribution in [0.3, 0.4) is 0 Å². The highest BCUT2D eigenvalue weighted by molar-refractivity contribution is 5.75. The first-order chi connectivity index (χ1) is 9.10. The van der Waals surface area contributed by atoms with Gasteiger partial charge in [-0.05, 0) is 38.0 Å². The molecule has 2 fully saturated rings. The number of rotatable bonds is 3. The Bertz CT molecular complexity index is 346. The maximum Gasteiger partial charge on any atom is 0.317 e. The van der Waals surface area contributed by atoms with Crippen molar-refractivity contribution in [2.75, 3.05) is 13.1 Å². The van der Waals surface area contributed by atoms with E-state index >= 15 is 0 Å². The Balaban J connectivity index is 1.79. The molecule has 1 saturated heterocycles. The van der Waals surface area contributed by atoms with Crippen LogP contribution in [0.2, 0.25) is 0 Å². The summed E-state index contributed by atoms with van der Waals surface area (Å²) >= 11 is 0. The van der Waals surface area contributed by atoms with Crippen molar-refractivity contribution in [1.82, 2.24) is 10.2 Å². The summed E-state index contributed by atoms with van der Waals surface area (Å²) in [6, 6.07) is 0.0322. The molecule has 0 aromatic rings. The van der Waals surface area contributed by atoms with Crippen molar-refractivity contribution in [3.63, 3.8) is 0 Å². The summed E-state index contributed by atoms with van der Waals surface area (Å²) in [6.07, 6.45) is 5.45. The zero-order chi connectivity index (χ0) is 13.8. The zero-order valence-corrected chi connectivity index (χ0v) is 11.6. The lowest BCUT2D eigenvalue weighted by Crippen LogP contribution is -2.48. The molecule has 0 bridgehead atoms. The van der Waals surface area contributed by atoms with Crippen molar-refractivity contribution >= 4 is 12.0 Å². The second-order valence-corrected chi connectivity index (χ2v) is 5.86. The number of hydrogen-bond donors (Lipinski definition) is 2. The summed E-state index contributed by atoms with van der Waals surface area (Å²) in [4.78, 5) is 24.9. The number of carbonyl (C=O) groups excluding carboxylic acids is 1. The molecule has 2 N–H and O–H groups in total. The molecule has 0 spiro atoms. The van der Waals surface area contributed by atoms with E-state index in [1.807, 2.05) is 4.90 Å². The molecular weight excluding hydrogens is 244 g/mol. The summed E-state index contributed by atoms with van der Waals surface area (Å²) in [5, 5.41) is 12.0. The normalized spacial score (nSPS) is 31.2. The number of likely N-dealkylation sites (tertiary alicyclic amines) is 1. The van der Waals surface area contributed by atoms with Crippen LogP contribution in [0.15, 0.2) is 0 Å². The summed E-state index contributed by atoms with van der Waals surface area (Å²) < 4.78 is 0. The number of hydrogen-bond acceptors (Lipinski definition) is 2. The lowest BCUT2D eigenvalue weighted by atomic mass is 9.96. The molecule has 1 aliphatic heterocycles. The number of amides is 2. The average molecular weight is 268 g/mol. The third-order valence-corrected chi connectivity index (χ3v) is 4.49. The highest BCUT2D eigenvalue weighted by Gasteiger charge is 2.32. The van der Waals surface area contributed by atoms with Gasteiger partial charge in [0.1, 0.15) is 0 Å². The van der Waals surface area contributed by atoms with Crippen LogP contribution in [0.1, 0.15) is 45.4 Å². The Hall–Kier alpha value is -1.26. The van der Waals surface area contributed by atoms with E-state index in [0.29, 0.717) is 18.8 Å². The maximum absolute atomic E-state index is 12.2. The van der Waals surface area contributed by atoms with Gasteiger partial charge in [-0.25, -0.2) is 4.79 Å². The number of nitrogens with one attached hydrogen (secondary N) is 1. The Labute approximate surface area is 114 Å². The second kappa shape index (κ2) is 6.26. The Morgan fingerprint density at radius 2 is 2.11 bits per heavy atom. The van der Waals surface area contributed by atoms with Crippen LogP contribution in [-0.4, -0.2) is 41.1 Å². The van der Waals surface area contributed by atoms with Crippen LogP contribution < -0.4 is 5.32 Å². The third kappa shape index (κ3) is 3.61. The monoisotopic (exact) mass is 268 g/mol. The highest BCUT2D eigenvalue weighted by Crippen LogP contribution is 2.26. The lowest BCUT2D eigenvalue weighted by molar-refractivity contribution is -0.141. The maximum atomic E-state index is 12.2. The van der Waals surface area contributed by atoms with Crippen LogP contribution in [0, 0.1) is 11.8 Å². The van der Waals surface area contributed by atoms with Crippen LogP contribution >= 0.6 is 0 Å². The number of piperidine rings is 1. The first-order valence-corrected chi connectivity index (χ1v) is 7.38. The predicted octanol–water partition coefficient (Wildman–Crippen LogP) is 2.07. The van der Waals surface area contributed by atoms with E-state index in [1.165, 1.54) is 6.42 Å². The molecule has 3 atom stereocenters. The molecule has 5 heteroatoms. The number of urea groups is 1. The smallest absolute Gasteiger partial charge is 0.317 e. The van der Waals surface area contributed by atoms with Crippen LogP contribution in [0.5, 0.6) is 0 Å². The van der Waals surface area contributed by atoms with E-state index in [1.54, 1.807) is 0 Å². The predicted molar refractivity (Wildman–Crippen MR) is 71.9 cm³/mol. The van der Waals surface area contributed by atoms with Crippen LogP contribution in [-0.2, 0) is 4.79 Å². The minimum absolute atomic E-state index is 0.00538. The third-order valence-electron chi connectivity index (χ3n) is 4.49. The van der Waals surface area contributed by atoms with Gasteiger partial charge in [0.25, 0.3) is 0 Å². The minimum Gasteiger partial charge on any atom is -0.481 e. The van der Waals surface area contributed by atoms with E-state index < -0.39 is 5.97 Å². The van der Waals surface area contributed by atoms with Crippen molar-refractivity contribution in [3.8, 4) is 0 Å². The van der Waals surface area contributed by atoms with E-state index in [2.05, 4.69) is 12.2 Å². The van der Waals surface area contributed by atoms with Crippen molar-refractivity contribution < 1.29 is 14.7 Å². The summed E-state index contributed by atoms with van der Waals surface area (Å²) in [7, 11) is 0. The first-order valence-electron chi connectivity index (χ1n) is 7.38. The summed E-state index contributed by atoms with van der Waals surface area (Å²) in [5.74, 6) is -0.398. The molecule has 2 aliphatic rings. The Morgan fingerprint density at radius 1 is 1.32 bits per heavy atom. The molecule has 2 amide bonds. The van der Waals surface area contributed by atoms with Gasteiger partial charge < -0.3 is 15.3 Å². The molecule has 0 aromatic heterocycles. The quantitative estimate of drug-likeness (QED) is 0.823. The van der Waals surface area contributed by atoms with Crippen molar-refractivity contribution in [3.05, 3.63) is 0 Å². The van der Waals surface area contributed by atoms with Gasteiger partial charge in [0.05, 0.1) is 5.92 Å². The number of carbonyl (C=O) groups is 2. The van der Waals surface area contributed by atoms with Gasteiger partial charge >= 0.3 is 12.0 Å². The van der Waals surface area contributed by atoms with Crippen LogP contribution in [0.25, 0.3) is 0 Å². The molecule has 108 valence electrons. The largest absolute Gasteiger partial charge is 0.481 e. The van der Waals surface area contributed by atoms with E-state index in [9.17, 15) is 9.59 Å². The van der Waals surface area contributed by atoms with Gasteiger partial charge in [-0.3, -0.25) is 4.79 Å². The number of carboxylic acid groups (broad SMARTS) is 1. The molecule has 19 heavy (non-hydrogen) atoms. The molecule has 1 saturated carbocycles. The topological polar surface area (TPSA) is 69.6 Å². The molecular formula is C14H24N2O3. The molecule has 2 rings (SSSR count). The Kier molecular flexibility index (Phi) is 4.66. The van der Waals surface area contributed by atoms with Gasteiger partial charge in [-0.2, -0.15) is 0 Å². The molecule has 0 aromatic carbocycles. The molecule has 1 heterocycles. The fourth-order valence-corrected chi connectivity index (χ4v) is 3.19. The van der Waals surface area contributed by atoms with Crippen molar-refractivity contribution in [1.29, 1.82) is 0 Å². The average Bonchev–Trinajstić information content (AvgIpc) is 2.87. The minimum atomic E-state index is -0.735. The number of aliphatic carboxylic acids is 1. The summed E-state index contributed by atoms with van der Waals surface area (Å²) in [5.41, 5.74) is 0. The molecule has 1 aliphatic carbocycles. The van der Waals surface area contributed by atoms with Gasteiger partial charge in [0, 0.05) is 19.1 Å². The number of carboxylic acids is 1. The van der Waals surface area contributed by atoms with Gasteiger partial charge in [0.15, 0.2) is 0 Å². The van der Waals surface area contributed by atoms with Gasteiger partial charge in [-0.1, -0.05) is 13.3 Å². The summed E-state index contributed by atoms with van der Waals surface area (Å²) in [6.45, 7) is 3.84. The van der Waals surface area contributed by atoms with Crippen molar-refractivity contribution in [2.24, 2.45) is 11.8 Å². The van der Waals surface area contributed by atoms with Gasteiger partial charge in [-0.15, -0.1) is 0 Å². The lowest BCUT2D eigenvalue weighted by Gasteiger charge is -2.33. The SMILES string of the molecule is CCC1CCCN(C(=O)NC2CCC(C(=O)O)C2)C1. The molecule has 3 unspecified atom stereocenters. The number of nitrogens with zero attached hydrogens (tertiary/aromatic N) is 1. The molecule has 5 nitrogen and oxygen atoms in total. The van der Waals surface area contributed by atoms with Gasteiger partial charge in [0.2, 0.25) is 0 Å². The molecule has 0 radical (unpaired) electrons. The van der Waals surface area contributed by atoms with E-state index in [-0.39, 0.29) is 18.0 Å². The van der Waals surface area contributed by atoms with Crippen LogP contribution in [0.4, 0.5) is 4.79 Å². The highest BCUT2D eigenvalue weighted by atomic mass is 16.4. The van der Waals surface area contributed by atoms with E-state index in [4.69, 9.17) is 5.11 Å². The standard InChI is InChI=1S/C14H24N2O3/c1-2-10-4-3-7-16(9-10)14(19)15-12-6-5-11(8-12)13(17)18/h10-12H,2-9H2,1H3,(H,15,19)(H,17,18). The second-order valence-electron chi connectivity index (χ2n) is 5.86. The zero-order valence-electron chi connectivity index (χ0n) is 11.6. The fraction of sp³-hybridized carbons (Fsp3) is 0.857. The fourth-order valence-electron chi connectivity index (χ4n) is 3.19. The first kappa shape index (κ1) is 14.2.